The fraction of sp³-hybridized carbons (Fsp3) is 0.700. The van der Waals surface area contributed by atoms with E-state index >= 15 is 0 Å². The SMILES string of the molecule is CC(C)=O.C[C](=O)[Ti]([O]C(C)C)[C](C)=O. The number of hydrogen-bond donors (Lipinski definition) is 0. The minimum absolute atomic E-state index is 0.0159. The topological polar surface area (TPSA) is 60.4 Å². The van der Waals surface area contributed by atoms with E-state index in [0.29, 0.717) is 0 Å². The van der Waals surface area contributed by atoms with Crippen LogP contribution in [0.3, 0.4) is 0 Å². The van der Waals surface area contributed by atoms with Gasteiger partial charge in [-0.3, -0.25) is 0 Å². The van der Waals surface area contributed by atoms with Gasteiger partial charge in [-0.25, -0.2) is 0 Å². The molecule has 0 unspecified atom stereocenters. The monoisotopic (exact) mass is 251 g/mol. The van der Waals surface area contributed by atoms with Crippen molar-refractivity contribution in [3.63, 3.8) is 0 Å². The molecule has 0 rings (SSSR count). The second-order valence-corrected chi connectivity index (χ2v) is 7.11. The fourth-order valence-corrected chi connectivity index (χ4v) is 2.68. The molecule has 0 N–H and O–H groups in total. The van der Waals surface area contributed by atoms with Crippen molar-refractivity contribution in [1.82, 2.24) is 0 Å². The number of rotatable bonds is 4. The second-order valence-electron chi connectivity index (χ2n) is 3.52. The average molecular weight is 251 g/mol. The van der Waals surface area contributed by atoms with Gasteiger partial charge in [-0.05, 0) is 13.8 Å². The van der Waals surface area contributed by atoms with Crippen LogP contribution in [0.4, 0.5) is 0 Å². The molecule has 0 radical (unpaired) electrons. The summed E-state index contributed by atoms with van der Waals surface area (Å²) in [5, 5.41) is 0. The first-order chi connectivity index (χ1) is 6.68. The third-order valence-electron chi connectivity index (χ3n) is 0.993. The molecule has 0 heterocycles. The van der Waals surface area contributed by atoms with Crippen molar-refractivity contribution in [3.05, 3.63) is 0 Å². The summed E-state index contributed by atoms with van der Waals surface area (Å²) in [5.41, 5.74) is 0. The van der Waals surface area contributed by atoms with E-state index in [-0.39, 0.29) is 20.1 Å². The Morgan fingerprint density at radius 1 is 0.933 bits per heavy atom. The zero-order chi connectivity index (χ0) is 12.6. The third-order valence-corrected chi connectivity index (χ3v) is 4.09. The first kappa shape index (κ1) is 17.1. The van der Waals surface area contributed by atoms with Gasteiger partial charge in [0, 0.05) is 0 Å². The van der Waals surface area contributed by atoms with Crippen molar-refractivity contribution in [2.75, 3.05) is 0 Å². The molecule has 0 aliphatic heterocycles. The molecule has 0 aromatic carbocycles. The summed E-state index contributed by atoms with van der Waals surface area (Å²) in [6.07, 6.45) is -0.0159. The molecule has 0 bridgehead atoms. The van der Waals surface area contributed by atoms with E-state index in [1.165, 1.54) is 27.7 Å². The molecular weight excluding hydrogens is 232 g/mol. The fourth-order valence-electron chi connectivity index (χ4n) is 0.650. The first-order valence-corrected chi connectivity index (χ1v) is 6.91. The maximum absolute atomic E-state index is 10.8. The molecule has 0 aromatic heterocycles. The van der Waals surface area contributed by atoms with Crippen molar-refractivity contribution in [3.8, 4) is 0 Å². The minimum atomic E-state index is -2.49. The standard InChI is InChI=1S/C3H7O.C3H6O.2C2H3O.Ti/c2*1-3(2)4;2*1-2-3;/h3H,1-2H3;1-2H3;2*1H3;/q-1;;;;+1. The van der Waals surface area contributed by atoms with Gasteiger partial charge < -0.3 is 4.79 Å². The van der Waals surface area contributed by atoms with Crippen LogP contribution in [0.15, 0.2) is 0 Å². The molecule has 5 heteroatoms. The van der Waals surface area contributed by atoms with Gasteiger partial charge in [-0.1, -0.05) is 0 Å². The molecule has 0 amide bonds. The van der Waals surface area contributed by atoms with Crippen LogP contribution in [0.25, 0.3) is 0 Å². The summed E-state index contributed by atoms with van der Waals surface area (Å²) in [6.45, 7) is 9.58. The summed E-state index contributed by atoms with van der Waals surface area (Å²) in [6, 6.07) is 0. The summed E-state index contributed by atoms with van der Waals surface area (Å²) in [7, 11) is 0. The Bertz CT molecular complexity index is 218. The van der Waals surface area contributed by atoms with Gasteiger partial charge in [-0.15, -0.1) is 0 Å². The van der Waals surface area contributed by atoms with Crippen LogP contribution in [-0.2, 0) is 36.0 Å². The Labute approximate surface area is 97.7 Å². The van der Waals surface area contributed by atoms with Gasteiger partial charge in [-0.2, -0.15) is 0 Å². The van der Waals surface area contributed by atoms with Crippen LogP contribution in [0, 0.1) is 0 Å². The maximum atomic E-state index is 10.8. The molecule has 0 spiro atoms. The normalized spacial score (nSPS) is 9.00. The van der Waals surface area contributed by atoms with Crippen LogP contribution < -0.4 is 0 Å². The molecule has 0 atom stereocenters. The van der Waals surface area contributed by atoms with E-state index in [0.717, 1.165) is 0 Å². The number of carbonyl (C=O) groups is 3. The van der Waals surface area contributed by atoms with Gasteiger partial charge in [0.25, 0.3) is 0 Å². The summed E-state index contributed by atoms with van der Waals surface area (Å²) in [5.74, 6) is 0.167. The van der Waals surface area contributed by atoms with Crippen LogP contribution >= 0.6 is 0 Å². The Morgan fingerprint density at radius 2 is 1.20 bits per heavy atom. The average Bonchev–Trinajstić information content (AvgIpc) is 1.97. The van der Waals surface area contributed by atoms with E-state index in [2.05, 4.69) is 0 Å². The first-order valence-electron chi connectivity index (χ1n) is 4.71. The third kappa shape index (κ3) is 13.7. The Morgan fingerprint density at radius 3 is 1.27 bits per heavy atom. The van der Waals surface area contributed by atoms with Crippen LogP contribution in [-0.4, -0.2) is 20.1 Å². The van der Waals surface area contributed by atoms with Gasteiger partial charge in [0.15, 0.2) is 0 Å². The molecule has 0 aromatic rings. The Kier molecular flexibility index (Phi) is 10.2. The van der Waals surface area contributed by atoms with Crippen molar-refractivity contribution in [2.24, 2.45) is 0 Å². The van der Waals surface area contributed by atoms with Gasteiger partial charge in [0.05, 0.1) is 0 Å². The summed E-state index contributed by atoms with van der Waals surface area (Å²) in [4.78, 5) is 31.1. The Balaban J connectivity index is 0. The number of ketones is 1. The van der Waals surface area contributed by atoms with Crippen LogP contribution in [0.2, 0.25) is 0 Å². The van der Waals surface area contributed by atoms with E-state index in [1.807, 2.05) is 13.8 Å². The van der Waals surface area contributed by atoms with E-state index in [4.69, 9.17) is 3.32 Å². The van der Waals surface area contributed by atoms with Crippen molar-refractivity contribution < 1.29 is 36.0 Å². The Hall–Kier alpha value is -0.316. The zero-order valence-electron chi connectivity index (χ0n) is 10.2. The second kappa shape index (κ2) is 8.95. The van der Waals surface area contributed by atoms with Crippen molar-refractivity contribution in [1.29, 1.82) is 0 Å². The molecule has 87 valence electrons. The quantitative estimate of drug-likeness (QED) is 0.712. The molecule has 15 heavy (non-hydrogen) atoms. The molecule has 0 aliphatic rings. The molecular formula is C10H19O4Ti. The van der Waals surface area contributed by atoms with E-state index < -0.39 is 18.3 Å². The zero-order valence-corrected chi connectivity index (χ0v) is 11.8. The van der Waals surface area contributed by atoms with Gasteiger partial charge >= 0.3 is 73.1 Å². The molecule has 4 nitrogen and oxygen atoms in total. The molecule has 0 fully saturated rings. The molecule has 0 saturated heterocycles. The number of Topliss-reactive ketones (excluding diaryl/α,β-unsaturated/α-hetero) is 1. The van der Waals surface area contributed by atoms with E-state index in [1.54, 1.807) is 0 Å². The van der Waals surface area contributed by atoms with Crippen LogP contribution in [0.5, 0.6) is 0 Å². The molecule has 0 aliphatic carbocycles. The van der Waals surface area contributed by atoms with Crippen LogP contribution in [0.1, 0.15) is 41.5 Å². The van der Waals surface area contributed by atoms with Crippen molar-refractivity contribution >= 4 is 14.0 Å². The number of carbonyl (C=O) groups excluding carboxylic acids is 3. The van der Waals surface area contributed by atoms with E-state index in [9.17, 15) is 14.4 Å². The van der Waals surface area contributed by atoms with Crippen molar-refractivity contribution in [2.45, 2.75) is 47.6 Å². The summed E-state index contributed by atoms with van der Waals surface area (Å²) < 4.78 is 5.11. The number of hydrogen-bond acceptors (Lipinski definition) is 4. The predicted octanol–water partition coefficient (Wildman–Crippen LogP) is 1.63. The molecule has 0 saturated carbocycles. The van der Waals surface area contributed by atoms with Gasteiger partial charge in [0.2, 0.25) is 0 Å². The summed E-state index contributed by atoms with van der Waals surface area (Å²) >= 11 is -2.49. The van der Waals surface area contributed by atoms with Gasteiger partial charge in [0.1, 0.15) is 5.78 Å². The predicted molar refractivity (Wildman–Crippen MR) is 53.9 cm³/mol.